The van der Waals surface area contributed by atoms with Crippen molar-refractivity contribution in [1.29, 1.82) is 0 Å². The van der Waals surface area contributed by atoms with Crippen LogP contribution in [0.25, 0.3) is 0 Å². The molecule has 0 aromatic carbocycles. The molecule has 1 heterocycles. The van der Waals surface area contributed by atoms with Gasteiger partial charge < -0.3 is 10.7 Å². The Balaban J connectivity index is 2.01. The molecule has 1 aromatic heterocycles. The third-order valence-electron chi connectivity index (χ3n) is 3.32. The van der Waals surface area contributed by atoms with Crippen LogP contribution in [-0.4, -0.2) is 15.5 Å². The largest absolute Gasteiger partial charge is 0.346 e. The standard InChI is InChI=1S/C13H23N3/c1-13(2,14)8-12-15-9-11(16-12)10-6-4-3-5-7-10/h9-10H,3-8,14H2,1-2H3,(H,15,16). The maximum atomic E-state index is 6.00. The monoisotopic (exact) mass is 221 g/mol. The molecule has 3 nitrogen and oxygen atoms in total. The minimum absolute atomic E-state index is 0.179. The average Bonchev–Trinajstić information content (AvgIpc) is 2.65. The number of nitrogens with two attached hydrogens (primary N) is 1. The molecule has 1 aliphatic rings. The number of hydrogen-bond donors (Lipinski definition) is 2. The van der Waals surface area contributed by atoms with Gasteiger partial charge in [-0.25, -0.2) is 4.98 Å². The third kappa shape index (κ3) is 3.08. The number of hydrogen-bond acceptors (Lipinski definition) is 2. The molecule has 0 aliphatic heterocycles. The van der Waals surface area contributed by atoms with Crippen molar-refractivity contribution in [2.45, 2.75) is 63.8 Å². The van der Waals surface area contributed by atoms with Gasteiger partial charge in [-0.2, -0.15) is 0 Å². The summed E-state index contributed by atoms with van der Waals surface area (Å²) < 4.78 is 0. The molecule has 0 atom stereocenters. The molecular formula is C13H23N3. The van der Waals surface area contributed by atoms with Gasteiger partial charge in [0.1, 0.15) is 5.82 Å². The van der Waals surface area contributed by atoms with Gasteiger partial charge in [-0.3, -0.25) is 0 Å². The molecule has 0 amide bonds. The van der Waals surface area contributed by atoms with E-state index in [0.717, 1.165) is 12.2 Å². The van der Waals surface area contributed by atoms with Crippen LogP contribution in [0.15, 0.2) is 6.20 Å². The lowest BCUT2D eigenvalue weighted by atomic mass is 9.87. The Hall–Kier alpha value is -0.830. The highest BCUT2D eigenvalue weighted by Gasteiger charge is 2.19. The van der Waals surface area contributed by atoms with Crippen molar-refractivity contribution in [1.82, 2.24) is 9.97 Å². The number of imidazole rings is 1. The maximum absolute atomic E-state index is 6.00. The van der Waals surface area contributed by atoms with E-state index in [-0.39, 0.29) is 5.54 Å². The summed E-state index contributed by atoms with van der Waals surface area (Å²) in [5.74, 6) is 1.74. The summed E-state index contributed by atoms with van der Waals surface area (Å²) in [5.41, 5.74) is 7.13. The molecule has 1 aliphatic carbocycles. The first kappa shape index (κ1) is 11.6. The summed E-state index contributed by atoms with van der Waals surface area (Å²) in [6.07, 6.45) is 9.58. The minimum atomic E-state index is -0.179. The molecule has 0 bridgehead atoms. The molecular weight excluding hydrogens is 198 g/mol. The maximum Gasteiger partial charge on any atom is 0.108 e. The van der Waals surface area contributed by atoms with Crippen LogP contribution < -0.4 is 5.73 Å². The number of rotatable bonds is 3. The van der Waals surface area contributed by atoms with Gasteiger partial charge in [-0.05, 0) is 26.7 Å². The lowest BCUT2D eigenvalue weighted by molar-refractivity contribution is 0.436. The lowest BCUT2D eigenvalue weighted by Gasteiger charge is -2.20. The number of aromatic amines is 1. The second kappa shape index (κ2) is 4.58. The highest BCUT2D eigenvalue weighted by molar-refractivity contribution is 5.09. The average molecular weight is 221 g/mol. The van der Waals surface area contributed by atoms with Gasteiger partial charge in [-0.1, -0.05) is 19.3 Å². The van der Waals surface area contributed by atoms with Gasteiger partial charge >= 0.3 is 0 Å². The third-order valence-corrected chi connectivity index (χ3v) is 3.32. The lowest BCUT2D eigenvalue weighted by Crippen LogP contribution is -2.34. The summed E-state index contributed by atoms with van der Waals surface area (Å²) in [5, 5.41) is 0. The minimum Gasteiger partial charge on any atom is -0.346 e. The normalized spacial score (nSPS) is 18.9. The first-order chi connectivity index (χ1) is 7.54. The van der Waals surface area contributed by atoms with Crippen molar-refractivity contribution >= 4 is 0 Å². The summed E-state index contributed by atoms with van der Waals surface area (Å²) >= 11 is 0. The molecule has 0 unspecified atom stereocenters. The van der Waals surface area contributed by atoms with Gasteiger partial charge in [0.2, 0.25) is 0 Å². The van der Waals surface area contributed by atoms with E-state index >= 15 is 0 Å². The van der Waals surface area contributed by atoms with Crippen LogP contribution in [0.3, 0.4) is 0 Å². The summed E-state index contributed by atoms with van der Waals surface area (Å²) in [4.78, 5) is 7.89. The molecule has 90 valence electrons. The SMILES string of the molecule is CC(C)(N)Cc1ncc(C2CCCCC2)[nH]1. The van der Waals surface area contributed by atoms with Gasteiger partial charge in [0, 0.05) is 29.8 Å². The van der Waals surface area contributed by atoms with Crippen molar-refractivity contribution in [2.75, 3.05) is 0 Å². The van der Waals surface area contributed by atoms with E-state index < -0.39 is 0 Å². The van der Waals surface area contributed by atoms with E-state index in [1.807, 2.05) is 20.0 Å². The van der Waals surface area contributed by atoms with Crippen molar-refractivity contribution < 1.29 is 0 Å². The predicted molar refractivity (Wildman–Crippen MR) is 66.4 cm³/mol. The van der Waals surface area contributed by atoms with Crippen LogP contribution >= 0.6 is 0 Å². The van der Waals surface area contributed by atoms with Crippen molar-refractivity contribution in [3.8, 4) is 0 Å². The van der Waals surface area contributed by atoms with Crippen LogP contribution in [0.2, 0.25) is 0 Å². The summed E-state index contributed by atoms with van der Waals surface area (Å²) in [7, 11) is 0. The zero-order chi connectivity index (χ0) is 11.6. The van der Waals surface area contributed by atoms with Crippen LogP contribution in [0.1, 0.15) is 63.4 Å². The molecule has 1 saturated carbocycles. The second-order valence-corrected chi connectivity index (χ2v) is 5.79. The molecule has 16 heavy (non-hydrogen) atoms. The van der Waals surface area contributed by atoms with Gasteiger partial charge in [-0.15, -0.1) is 0 Å². The smallest absolute Gasteiger partial charge is 0.108 e. The quantitative estimate of drug-likeness (QED) is 0.824. The fourth-order valence-corrected chi connectivity index (χ4v) is 2.52. The van der Waals surface area contributed by atoms with Crippen molar-refractivity contribution in [3.05, 3.63) is 17.7 Å². The Kier molecular flexibility index (Phi) is 3.33. The summed E-state index contributed by atoms with van der Waals surface area (Å²) in [6, 6.07) is 0. The Labute approximate surface area is 97.8 Å². The van der Waals surface area contributed by atoms with E-state index in [1.54, 1.807) is 0 Å². The topological polar surface area (TPSA) is 54.7 Å². The highest BCUT2D eigenvalue weighted by Crippen LogP contribution is 2.31. The van der Waals surface area contributed by atoms with Crippen LogP contribution in [0, 0.1) is 0 Å². The fraction of sp³-hybridized carbons (Fsp3) is 0.769. The molecule has 0 radical (unpaired) electrons. The molecule has 1 fully saturated rings. The van der Waals surface area contributed by atoms with Gasteiger partial charge in [0.25, 0.3) is 0 Å². The molecule has 2 rings (SSSR count). The number of H-pyrrole nitrogens is 1. The van der Waals surface area contributed by atoms with Crippen LogP contribution in [0.5, 0.6) is 0 Å². The Bertz CT molecular complexity index is 329. The molecule has 0 spiro atoms. The number of nitrogens with zero attached hydrogens (tertiary/aromatic N) is 1. The van der Waals surface area contributed by atoms with E-state index in [2.05, 4.69) is 9.97 Å². The predicted octanol–water partition coefficient (Wildman–Crippen LogP) is 2.74. The first-order valence-electron chi connectivity index (χ1n) is 6.37. The summed E-state index contributed by atoms with van der Waals surface area (Å²) in [6.45, 7) is 4.08. The highest BCUT2D eigenvalue weighted by atomic mass is 14.9. The van der Waals surface area contributed by atoms with Gasteiger partial charge in [0.15, 0.2) is 0 Å². The van der Waals surface area contributed by atoms with E-state index in [9.17, 15) is 0 Å². The Morgan fingerprint density at radius 1 is 1.38 bits per heavy atom. The number of aromatic nitrogens is 2. The van der Waals surface area contributed by atoms with Crippen molar-refractivity contribution in [3.63, 3.8) is 0 Å². The van der Waals surface area contributed by atoms with Crippen LogP contribution in [0.4, 0.5) is 0 Å². The zero-order valence-electron chi connectivity index (χ0n) is 10.4. The molecule has 3 N–H and O–H groups in total. The Morgan fingerprint density at radius 3 is 2.69 bits per heavy atom. The fourth-order valence-electron chi connectivity index (χ4n) is 2.52. The van der Waals surface area contributed by atoms with E-state index in [0.29, 0.717) is 5.92 Å². The zero-order valence-corrected chi connectivity index (χ0v) is 10.4. The first-order valence-corrected chi connectivity index (χ1v) is 6.37. The van der Waals surface area contributed by atoms with Gasteiger partial charge in [0.05, 0.1) is 0 Å². The Morgan fingerprint density at radius 2 is 2.06 bits per heavy atom. The molecule has 1 aromatic rings. The second-order valence-electron chi connectivity index (χ2n) is 5.79. The van der Waals surface area contributed by atoms with E-state index in [1.165, 1.54) is 37.8 Å². The van der Waals surface area contributed by atoms with E-state index in [4.69, 9.17) is 5.73 Å². The van der Waals surface area contributed by atoms with Crippen molar-refractivity contribution in [2.24, 2.45) is 5.73 Å². The van der Waals surface area contributed by atoms with Crippen LogP contribution in [-0.2, 0) is 6.42 Å². The molecule has 0 saturated heterocycles. The molecule has 3 heteroatoms. The number of nitrogens with one attached hydrogen (secondary N) is 1.